The molecule has 30 heavy (non-hydrogen) atoms. The van der Waals surface area contributed by atoms with Gasteiger partial charge in [-0.3, -0.25) is 9.88 Å². The first-order valence-electron chi connectivity index (χ1n) is 10.5. The van der Waals surface area contributed by atoms with Gasteiger partial charge in [0.2, 0.25) is 0 Å². The van der Waals surface area contributed by atoms with Gasteiger partial charge in [0.05, 0.1) is 6.61 Å². The zero-order valence-electron chi connectivity index (χ0n) is 17.4. The summed E-state index contributed by atoms with van der Waals surface area (Å²) < 4.78 is 5.79. The van der Waals surface area contributed by atoms with Crippen LogP contribution in [0.5, 0.6) is 5.75 Å². The Kier molecular flexibility index (Phi) is 6.72. The molecule has 0 bridgehead atoms. The predicted molar refractivity (Wildman–Crippen MR) is 122 cm³/mol. The van der Waals surface area contributed by atoms with Crippen molar-refractivity contribution in [2.75, 3.05) is 37.7 Å². The van der Waals surface area contributed by atoms with Crippen LogP contribution in [0.4, 0.5) is 5.69 Å². The van der Waals surface area contributed by atoms with Crippen molar-refractivity contribution in [3.8, 4) is 5.75 Å². The molecule has 0 radical (unpaired) electrons. The average Bonchev–Trinajstić information content (AvgIpc) is 2.77. The Morgan fingerprint density at radius 1 is 1.07 bits per heavy atom. The molecule has 1 fully saturated rings. The van der Waals surface area contributed by atoms with Crippen LogP contribution in [0.3, 0.4) is 0 Å². The molecule has 0 atom stereocenters. The van der Waals surface area contributed by atoms with E-state index in [2.05, 4.69) is 33.8 Å². The van der Waals surface area contributed by atoms with E-state index in [1.165, 1.54) is 0 Å². The molecule has 1 saturated heterocycles. The van der Waals surface area contributed by atoms with E-state index in [9.17, 15) is 5.11 Å². The maximum absolute atomic E-state index is 10.9. The number of phenols is 1. The number of phenolic OH excluding ortho intramolecular Hbond substituents is 1. The molecule has 0 aliphatic carbocycles. The standard InChI is InChI=1S/C24H28ClN3O2/c1-2-13-30-17-19-14-18(24(29)23-22(19)7-4-8-26-23)16-27-9-11-28(12-10-27)21-6-3-5-20(25)15-21/h3-8,14-15,29H,2,9-13,16-17H2,1H3. The SMILES string of the molecule is CCCOCc1cc(CN2CCN(c3cccc(Cl)c3)CC2)c(O)c2ncccc12. The molecule has 0 saturated carbocycles. The Morgan fingerprint density at radius 2 is 1.90 bits per heavy atom. The van der Waals surface area contributed by atoms with Gasteiger partial charge in [0.15, 0.2) is 0 Å². The molecule has 1 N–H and O–H groups in total. The summed E-state index contributed by atoms with van der Waals surface area (Å²) in [4.78, 5) is 9.17. The number of pyridine rings is 1. The van der Waals surface area contributed by atoms with Gasteiger partial charge in [-0.2, -0.15) is 0 Å². The first kappa shape index (κ1) is 20.9. The second-order valence-electron chi connectivity index (χ2n) is 7.74. The molecule has 6 heteroatoms. The molecular formula is C24H28ClN3O2. The second-order valence-corrected chi connectivity index (χ2v) is 8.18. The van der Waals surface area contributed by atoms with Crippen molar-refractivity contribution in [1.82, 2.24) is 9.88 Å². The van der Waals surface area contributed by atoms with Crippen molar-refractivity contribution in [2.24, 2.45) is 0 Å². The van der Waals surface area contributed by atoms with E-state index in [4.69, 9.17) is 16.3 Å². The maximum Gasteiger partial charge on any atom is 0.146 e. The monoisotopic (exact) mass is 425 g/mol. The number of nitrogens with zero attached hydrogens (tertiary/aromatic N) is 3. The average molecular weight is 426 g/mol. The van der Waals surface area contributed by atoms with E-state index >= 15 is 0 Å². The van der Waals surface area contributed by atoms with Crippen LogP contribution in [0.15, 0.2) is 48.7 Å². The van der Waals surface area contributed by atoms with Crippen LogP contribution in [0.2, 0.25) is 5.02 Å². The van der Waals surface area contributed by atoms with E-state index < -0.39 is 0 Å². The highest BCUT2D eigenvalue weighted by atomic mass is 35.5. The lowest BCUT2D eigenvalue weighted by Crippen LogP contribution is -2.46. The summed E-state index contributed by atoms with van der Waals surface area (Å²) in [5.41, 5.74) is 3.81. The molecular weight excluding hydrogens is 398 g/mol. The Bertz CT molecular complexity index is 1000. The predicted octanol–water partition coefficient (Wildman–Crippen LogP) is 4.84. The minimum atomic E-state index is 0.280. The number of benzene rings is 2. The fraction of sp³-hybridized carbons (Fsp3) is 0.375. The number of anilines is 1. The lowest BCUT2D eigenvalue weighted by Gasteiger charge is -2.36. The minimum absolute atomic E-state index is 0.280. The van der Waals surface area contributed by atoms with E-state index in [0.29, 0.717) is 18.7 Å². The lowest BCUT2D eigenvalue weighted by atomic mass is 10.0. The normalized spacial score (nSPS) is 15.1. The number of aromatic hydroxyl groups is 1. The number of ether oxygens (including phenoxy) is 1. The summed E-state index contributed by atoms with van der Waals surface area (Å²) in [5.74, 6) is 0.280. The zero-order chi connectivity index (χ0) is 20.9. The molecule has 1 aliphatic heterocycles. The quantitative estimate of drug-likeness (QED) is 0.549. The van der Waals surface area contributed by atoms with Crippen LogP contribution in [0.1, 0.15) is 24.5 Å². The highest BCUT2D eigenvalue weighted by Gasteiger charge is 2.20. The van der Waals surface area contributed by atoms with Gasteiger partial charge in [-0.15, -0.1) is 0 Å². The summed E-state index contributed by atoms with van der Waals surface area (Å²) >= 11 is 6.14. The minimum Gasteiger partial charge on any atom is -0.505 e. The van der Waals surface area contributed by atoms with Crippen molar-refractivity contribution >= 4 is 28.2 Å². The fourth-order valence-corrected chi connectivity index (χ4v) is 4.19. The second kappa shape index (κ2) is 9.65. The lowest BCUT2D eigenvalue weighted by molar-refractivity contribution is 0.122. The molecule has 2 heterocycles. The van der Waals surface area contributed by atoms with E-state index in [1.54, 1.807) is 6.20 Å². The molecule has 5 nitrogen and oxygen atoms in total. The summed E-state index contributed by atoms with van der Waals surface area (Å²) in [7, 11) is 0. The topological polar surface area (TPSA) is 48.8 Å². The van der Waals surface area contributed by atoms with Gasteiger partial charge in [0, 0.05) is 67.2 Å². The Labute approximate surface area is 182 Å². The molecule has 0 spiro atoms. The molecule has 2 aromatic carbocycles. The van der Waals surface area contributed by atoms with Crippen LogP contribution in [0, 0.1) is 0 Å². The van der Waals surface area contributed by atoms with Gasteiger partial charge in [0.25, 0.3) is 0 Å². The number of fused-ring (bicyclic) bond motifs is 1. The Balaban J connectivity index is 1.49. The van der Waals surface area contributed by atoms with E-state index in [-0.39, 0.29) is 5.75 Å². The number of hydrogen-bond acceptors (Lipinski definition) is 5. The van der Waals surface area contributed by atoms with Crippen molar-refractivity contribution < 1.29 is 9.84 Å². The van der Waals surface area contributed by atoms with Gasteiger partial charge >= 0.3 is 0 Å². The molecule has 4 rings (SSSR count). The van der Waals surface area contributed by atoms with Crippen molar-refractivity contribution in [2.45, 2.75) is 26.5 Å². The van der Waals surface area contributed by atoms with Crippen molar-refractivity contribution in [3.05, 3.63) is 64.8 Å². The number of halogens is 1. The third kappa shape index (κ3) is 4.69. The van der Waals surface area contributed by atoms with Gasteiger partial charge in [-0.05, 0) is 42.3 Å². The summed E-state index contributed by atoms with van der Waals surface area (Å²) in [6.07, 6.45) is 2.71. The highest BCUT2D eigenvalue weighted by Crippen LogP contribution is 2.32. The first-order valence-corrected chi connectivity index (χ1v) is 10.9. The Hall–Kier alpha value is -2.34. The summed E-state index contributed by atoms with van der Waals surface area (Å²) in [6, 6.07) is 14.0. The molecule has 3 aromatic rings. The molecule has 1 aliphatic rings. The smallest absolute Gasteiger partial charge is 0.146 e. The highest BCUT2D eigenvalue weighted by molar-refractivity contribution is 6.30. The largest absolute Gasteiger partial charge is 0.505 e. The maximum atomic E-state index is 10.9. The van der Waals surface area contributed by atoms with E-state index in [0.717, 1.165) is 66.4 Å². The van der Waals surface area contributed by atoms with Crippen LogP contribution >= 0.6 is 11.6 Å². The van der Waals surface area contributed by atoms with Crippen LogP contribution in [-0.4, -0.2) is 47.8 Å². The summed E-state index contributed by atoms with van der Waals surface area (Å²) in [6.45, 7) is 7.77. The molecule has 0 unspecified atom stereocenters. The third-order valence-corrected chi connectivity index (χ3v) is 5.81. The molecule has 1 aromatic heterocycles. The van der Waals surface area contributed by atoms with Crippen LogP contribution < -0.4 is 4.90 Å². The van der Waals surface area contributed by atoms with Gasteiger partial charge in [-0.1, -0.05) is 30.7 Å². The van der Waals surface area contributed by atoms with Gasteiger partial charge in [-0.25, -0.2) is 0 Å². The number of rotatable bonds is 7. The van der Waals surface area contributed by atoms with Crippen molar-refractivity contribution in [1.29, 1.82) is 0 Å². The number of aromatic nitrogens is 1. The first-order chi connectivity index (χ1) is 14.7. The Morgan fingerprint density at radius 3 is 2.67 bits per heavy atom. The van der Waals surface area contributed by atoms with Crippen LogP contribution in [-0.2, 0) is 17.9 Å². The van der Waals surface area contributed by atoms with Crippen molar-refractivity contribution in [3.63, 3.8) is 0 Å². The summed E-state index contributed by atoms with van der Waals surface area (Å²) in [5, 5.41) is 12.6. The number of piperazine rings is 1. The van der Waals surface area contributed by atoms with Gasteiger partial charge < -0.3 is 14.7 Å². The molecule has 158 valence electrons. The number of hydrogen-bond donors (Lipinski definition) is 1. The fourth-order valence-electron chi connectivity index (χ4n) is 4.01. The molecule has 0 amide bonds. The third-order valence-electron chi connectivity index (χ3n) is 5.58. The van der Waals surface area contributed by atoms with E-state index in [1.807, 2.05) is 30.3 Å². The van der Waals surface area contributed by atoms with Gasteiger partial charge in [0.1, 0.15) is 11.3 Å². The van der Waals surface area contributed by atoms with Crippen LogP contribution in [0.25, 0.3) is 10.9 Å². The zero-order valence-corrected chi connectivity index (χ0v) is 18.1.